The zero-order valence-corrected chi connectivity index (χ0v) is 42.9. The van der Waals surface area contributed by atoms with Crippen molar-refractivity contribution in [3.63, 3.8) is 0 Å². The molecule has 1 unspecified atom stereocenters. The fraction of sp³-hybridized carbons (Fsp3) is 0.683. The van der Waals surface area contributed by atoms with Crippen LogP contribution in [-0.2, 0) is 28.6 Å². The number of unbranched alkanes of at least 4 members (excludes halogenated alkanes) is 24. The second-order valence-electron chi connectivity index (χ2n) is 17.8. The Morgan fingerprint density at radius 1 is 0.333 bits per heavy atom. The van der Waals surface area contributed by atoms with Crippen molar-refractivity contribution in [2.45, 2.75) is 252 Å². The fourth-order valence-corrected chi connectivity index (χ4v) is 7.39. The van der Waals surface area contributed by atoms with E-state index in [0.717, 1.165) is 116 Å². The van der Waals surface area contributed by atoms with Crippen LogP contribution in [0.15, 0.2) is 97.2 Å². The molecule has 0 aromatic rings. The van der Waals surface area contributed by atoms with Gasteiger partial charge in [-0.05, 0) is 77.0 Å². The lowest BCUT2D eigenvalue weighted by molar-refractivity contribution is -0.167. The Morgan fingerprint density at radius 2 is 0.667 bits per heavy atom. The summed E-state index contributed by atoms with van der Waals surface area (Å²) in [7, 11) is 0. The zero-order chi connectivity index (χ0) is 47.9. The Labute approximate surface area is 407 Å². The van der Waals surface area contributed by atoms with E-state index in [0.29, 0.717) is 12.8 Å². The van der Waals surface area contributed by atoms with Crippen LogP contribution in [0.2, 0.25) is 0 Å². The van der Waals surface area contributed by atoms with Crippen LogP contribution in [0.4, 0.5) is 0 Å². The molecule has 66 heavy (non-hydrogen) atoms. The first-order chi connectivity index (χ1) is 32.5. The first-order valence-corrected chi connectivity index (χ1v) is 27.3. The molecule has 376 valence electrons. The van der Waals surface area contributed by atoms with E-state index in [1.165, 1.54) is 89.9 Å². The number of rotatable bonds is 48. The molecular weight excluding hydrogens is 817 g/mol. The molecule has 6 heteroatoms. The second-order valence-corrected chi connectivity index (χ2v) is 17.8. The maximum atomic E-state index is 12.8. The predicted molar refractivity (Wildman–Crippen MR) is 284 cm³/mol. The van der Waals surface area contributed by atoms with Crippen molar-refractivity contribution in [2.24, 2.45) is 0 Å². The summed E-state index contributed by atoms with van der Waals surface area (Å²) in [5, 5.41) is 0. The minimum absolute atomic E-state index is 0.0973. The van der Waals surface area contributed by atoms with Crippen molar-refractivity contribution in [1.82, 2.24) is 0 Å². The van der Waals surface area contributed by atoms with E-state index in [-0.39, 0.29) is 37.5 Å². The smallest absolute Gasteiger partial charge is 0.306 e. The van der Waals surface area contributed by atoms with E-state index in [2.05, 4.69) is 99.8 Å². The standard InChI is InChI=1S/C60H100O6/c1-4-7-10-13-16-19-22-25-28-30-33-35-38-41-44-47-50-53-59(62)65-56-57(55-64-58(61)52-49-46-43-40-37-34-31-27-24-21-18-15-12-9-6-3)66-60(63)54-51-48-45-42-39-36-32-29-26-23-20-17-14-11-8-5-2/h8-9,11-12,15,17-18,20-21,24,26-27,29,31,36,39,57H,4-7,10,13-14,16,19,22-23,25,28,30,32-35,37-38,40-56H2,1-3H3/b11-8-,12-9-,18-15-,20-17-,24-21-,29-26-,31-27-,39-36-. The Balaban J connectivity index is 4.46. The van der Waals surface area contributed by atoms with Gasteiger partial charge in [0.05, 0.1) is 0 Å². The average Bonchev–Trinajstić information content (AvgIpc) is 3.31. The minimum Gasteiger partial charge on any atom is -0.462 e. The molecular formula is C60H100O6. The van der Waals surface area contributed by atoms with E-state index in [4.69, 9.17) is 14.2 Å². The molecule has 0 fully saturated rings. The SMILES string of the molecule is CC\C=C/C=C\C=C/C=C\CCCCCCCC(=O)OCC(COC(=O)CCCCCCCCCCCCCCCCCCC)OC(=O)CCCCC/C=C\C/C=C\C/C=C\C/C=C\CC. The highest BCUT2D eigenvalue weighted by molar-refractivity contribution is 5.71. The normalized spacial score (nSPS) is 12.8. The molecule has 0 aromatic carbocycles. The molecule has 0 saturated heterocycles. The summed E-state index contributed by atoms with van der Waals surface area (Å²) in [5.74, 6) is -0.951. The summed E-state index contributed by atoms with van der Waals surface area (Å²) >= 11 is 0. The summed E-state index contributed by atoms with van der Waals surface area (Å²) in [5.41, 5.74) is 0. The number of esters is 3. The van der Waals surface area contributed by atoms with Crippen LogP contribution in [0, 0.1) is 0 Å². The summed E-state index contributed by atoms with van der Waals surface area (Å²) in [4.78, 5) is 38.1. The van der Waals surface area contributed by atoms with Gasteiger partial charge in [-0.25, -0.2) is 0 Å². The Kier molecular flexibility index (Phi) is 50.9. The van der Waals surface area contributed by atoms with Gasteiger partial charge in [0.1, 0.15) is 13.2 Å². The van der Waals surface area contributed by atoms with Crippen molar-refractivity contribution in [2.75, 3.05) is 13.2 Å². The molecule has 0 radical (unpaired) electrons. The van der Waals surface area contributed by atoms with Crippen LogP contribution in [0.5, 0.6) is 0 Å². The van der Waals surface area contributed by atoms with Crippen molar-refractivity contribution in [1.29, 1.82) is 0 Å². The molecule has 6 nitrogen and oxygen atoms in total. The van der Waals surface area contributed by atoms with E-state index in [1.54, 1.807) is 0 Å². The number of carbonyl (C=O) groups is 3. The molecule has 0 heterocycles. The summed E-state index contributed by atoms with van der Waals surface area (Å²) in [6, 6.07) is 0. The van der Waals surface area contributed by atoms with Crippen molar-refractivity contribution in [3.8, 4) is 0 Å². The lowest BCUT2D eigenvalue weighted by Crippen LogP contribution is -2.30. The van der Waals surface area contributed by atoms with Crippen LogP contribution in [0.1, 0.15) is 245 Å². The predicted octanol–water partition coefficient (Wildman–Crippen LogP) is 18.1. The molecule has 0 bridgehead atoms. The zero-order valence-electron chi connectivity index (χ0n) is 42.9. The number of allylic oxidation sites excluding steroid dienone is 16. The molecule has 1 atom stereocenters. The van der Waals surface area contributed by atoms with Crippen LogP contribution < -0.4 is 0 Å². The molecule has 0 N–H and O–H groups in total. The molecule has 0 aliphatic heterocycles. The van der Waals surface area contributed by atoms with Crippen LogP contribution in [0.25, 0.3) is 0 Å². The molecule has 0 aliphatic carbocycles. The van der Waals surface area contributed by atoms with Gasteiger partial charge in [-0.2, -0.15) is 0 Å². The molecule has 0 aliphatic rings. The van der Waals surface area contributed by atoms with Crippen LogP contribution in [-0.4, -0.2) is 37.2 Å². The van der Waals surface area contributed by atoms with E-state index in [9.17, 15) is 14.4 Å². The van der Waals surface area contributed by atoms with Gasteiger partial charge in [-0.15, -0.1) is 0 Å². The molecule has 0 saturated carbocycles. The average molecular weight is 917 g/mol. The largest absolute Gasteiger partial charge is 0.462 e. The minimum atomic E-state index is -0.804. The van der Waals surface area contributed by atoms with Crippen LogP contribution >= 0.6 is 0 Å². The Morgan fingerprint density at radius 3 is 1.12 bits per heavy atom. The maximum Gasteiger partial charge on any atom is 0.306 e. The van der Waals surface area contributed by atoms with Gasteiger partial charge in [-0.3, -0.25) is 14.4 Å². The fourth-order valence-electron chi connectivity index (χ4n) is 7.39. The van der Waals surface area contributed by atoms with Gasteiger partial charge < -0.3 is 14.2 Å². The third kappa shape index (κ3) is 51.3. The molecule has 0 rings (SSSR count). The highest BCUT2D eigenvalue weighted by Gasteiger charge is 2.19. The van der Waals surface area contributed by atoms with E-state index < -0.39 is 6.10 Å². The van der Waals surface area contributed by atoms with Crippen molar-refractivity contribution >= 4 is 17.9 Å². The van der Waals surface area contributed by atoms with Gasteiger partial charge in [0.25, 0.3) is 0 Å². The van der Waals surface area contributed by atoms with Crippen molar-refractivity contribution in [3.05, 3.63) is 97.2 Å². The topological polar surface area (TPSA) is 78.9 Å². The van der Waals surface area contributed by atoms with Gasteiger partial charge in [0.2, 0.25) is 0 Å². The summed E-state index contributed by atoms with van der Waals surface area (Å²) in [6.07, 6.45) is 71.1. The second kappa shape index (κ2) is 53.9. The maximum absolute atomic E-state index is 12.8. The highest BCUT2D eigenvalue weighted by atomic mass is 16.6. The third-order valence-corrected chi connectivity index (χ3v) is 11.4. The quantitative estimate of drug-likeness (QED) is 0.0199. The van der Waals surface area contributed by atoms with Gasteiger partial charge >= 0.3 is 17.9 Å². The number of ether oxygens (including phenoxy) is 3. The third-order valence-electron chi connectivity index (χ3n) is 11.4. The molecule has 0 aromatic heterocycles. The number of hydrogen-bond donors (Lipinski definition) is 0. The summed E-state index contributed by atoms with van der Waals surface area (Å²) in [6.45, 7) is 6.35. The van der Waals surface area contributed by atoms with E-state index >= 15 is 0 Å². The van der Waals surface area contributed by atoms with Gasteiger partial charge in [-0.1, -0.05) is 246 Å². The van der Waals surface area contributed by atoms with Crippen LogP contribution in [0.3, 0.4) is 0 Å². The molecule has 0 amide bonds. The first-order valence-electron chi connectivity index (χ1n) is 27.3. The Hall–Kier alpha value is -3.67. The molecule has 0 spiro atoms. The van der Waals surface area contributed by atoms with Gasteiger partial charge in [0, 0.05) is 19.3 Å². The summed E-state index contributed by atoms with van der Waals surface area (Å²) < 4.78 is 16.8. The number of carbonyl (C=O) groups excluding carboxylic acids is 3. The lowest BCUT2D eigenvalue weighted by atomic mass is 10.0. The number of hydrogen-bond acceptors (Lipinski definition) is 6. The highest BCUT2D eigenvalue weighted by Crippen LogP contribution is 2.15. The van der Waals surface area contributed by atoms with Crippen molar-refractivity contribution < 1.29 is 28.6 Å². The van der Waals surface area contributed by atoms with Gasteiger partial charge in [0.15, 0.2) is 6.10 Å². The monoisotopic (exact) mass is 917 g/mol. The van der Waals surface area contributed by atoms with E-state index in [1.807, 2.05) is 18.2 Å². The lowest BCUT2D eigenvalue weighted by Gasteiger charge is -2.18. The Bertz CT molecular complexity index is 1330. The first kappa shape index (κ1) is 62.3.